The van der Waals surface area contributed by atoms with Crippen LogP contribution in [0.3, 0.4) is 0 Å². The van der Waals surface area contributed by atoms with E-state index in [0.717, 1.165) is 0 Å². The Morgan fingerprint density at radius 3 is 2.50 bits per heavy atom. The van der Waals surface area contributed by atoms with E-state index < -0.39 is 42.9 Å². The Morgan fingerprint density at radius 1 is 1.50 bits per heavy atom. The lowest BCUT2D eigenvalue weighted by molar-refractivity contribution is -0.202. The molecule has 4 nitrogen and oxygen atoms in total. The molecular formula is C7H8F3NO3. The van der Waals surface area contributed by atoms with Crippen LogP contribution in [-0.4, -0.2) is 29.7 Å². The molecule has 0 spiro atoms. The Kier molecular flexibility index (Phi) is 2.68. The second-order valence-electron chi connectivity index (χ2n) is 3.10. The van der Waals surface area contributed by atoms with Crippen LogP contribution in [0.4, 0.5) is 13.2 Å². The standard InChI is InChI=1S/C7H8F3NO3/c8-7(9,10)4-1-5(12)11-2-3(4)6(13)14/h3-4H,1-2H2,(H,11,12)(H,13,14). The average Bonchev–Trinajstić information content (AvgIpc) is 2.01. The number of rotatable bonds is 1. The molecule has 2 unspecified atom stereocenters. The number of piperidine rings is 1. The molecule has 2 atom stereocenters. The maximum absolute atomic E-state index is 12.3. The summed E-state index contributed by atoms with van der Waals surface area (Å²) < 4.78 is 36.8. The smallest absolute Gasteiger partial charge is 0.393 e. The topological polar surface area (TPSA) is 66.4 Å². The van der Waals surface area contributed by atoms with Crippen LogP contribution in [0.15, 0.2) is 0 Å². The largest absolute Gasteiger partial charge is 0.481 e. The molecule has 1 saturated heterocycles. The molecule has 0 aliphatic carbocycles. The van der Waals surface area contributed by atoms with E-state index in [4.69, 9.17) is 5.11 Å². The first-order valence-electron chi connectivity index (χ1n) is 3.88. The van der Waals surface area contributed by atoms with Gasteiger partial charge in [-0.1, -0.05) is 0 Å². The fraction of sp³-hybridized carbons (Fsp3) is 0.714. The number of carbonyl (C=O) groups is 2. The number of hydrogen-bond donors (Lipinski definition) is 2. The number of aliphatic carboxylic acids is 1. The fourth-order valence-corrected chi connectivity index (χ4v) is 1.38. The van der Waals surface area contributed by atoms with Crippen molar-refractivity contribution in [2.75, 3.05) is 6.54 Å². The van der Waals surface area contributed by atoms with Gasteiger partial charge in [0, 0.05) is 13.0 Å². The molecule has 80 valence electrons. The van der Waals surface area contributed by atoms with Gasteiger partial charge in [-0.25, -0.2) is 0 Å². The number of alkyl halides is 3. The summed E-state index contributed by atoms with van der Waals surface area (Å²) in [5, 5.41) is 10.6. The zero-order chi connectivity index (χ0) is 10.9. The lowest BCUT2D eigenvalue weighted by Gasteiger charge is -2.29. The van der Waals surface area contributed by atoms with Crippen LogP contribution in [0, 0.1) is 11.8 Å². The lowest BCUT2D eigenvalue weighted by atomic mass is 9.85. The van der Waals surface area contributed by atoms with Crippen molar-refractivity contribution in [2.24, 2.45) is 11.8 Å². The SMILES string of the molecule is O=C1CC(C(F)(F)F)C(C(=O)O)CN1. The van der Waals surface area contributed by atoms with Gasteiger partial charge in [0.15, 0.2) is 0 Å². The molecule has 1 amide bonds. The molecule has 0 aromatic carbocycles. The summed E-state index contributed by atoms with van der Waals surface area (Å²) in [6.45, 7) is -0.460. The van der Waals surface area contributed by atoms with E-state index in [1.807, 2.05) is 0 Å². The van der Waals surface area contributed by atoms with Gasteiger partial charge in [-0.3, -0.25) is 9.59 Å². The van der Waals surface area contributed by atoms with E-state index in [1.165, 1.54) is 0 Å². The van der Waals surface area contributed by atoms with Gasteiger partial charge in [-0.05, 0) is 0 Å². The van der Waals surface area contributed by atoms with E-state index in [1.54, 1.807) is 0 Å². The molecule has 1 aliphatic rings. The molecule has 1 fully saturated rings. The number of carboxylic acid groups (broad SMARTS) is 1. The normalized spacial score (nSPS) is 28.4. The van der Waals surface area contributed by atoms with Crippen LogP contribution < -0.4 is 5.32 Å². The van der Waals surface area contributed by atoms with Gasteiger partial charge in [-0.2, -0.15) is 13.2 Å². The summed E-state index contributed by atoms with van der Waals surface area (Å²) in [6, 6.07) is 0. The first-order valence-corrected chi connectivity index (χ1v) is 3.88. The fourth-order valence-electron chi connectivity index (χ4n) is 1.38. The summed E-state index contributed by atoms with van der Waals surface area (Å²) >= 11 is 0. The molecular weight excluding hydrogens is 203 g/mol. The third-order valence-corrected chi connectivity index (χ3v) is 2.15. The Morgan fingerprint density at radius 2 is 2.07 bits per heavy atom. The van der Waals surface area contributed by atoms with Crippen molar-refractivity contribution >= 4 is 11.9 Å². The maximum Gasteiger partial charge on any atom is 0.393 e. The van der Waals surface area contributed by atoms with Crippen LogP contribution in [0.1, 0.15) is 6.42 Å². The molecule has 0 aromatic rings. The summed E-state index contributed by atoms with van der Waals surface area (Å²) in [4.78, 5) is 21.2. The average molecular weight is 211 g/mol. The quantitative estimate of drug-likeness (QED) is 0.659. The first kappa shape index (κ1) is 10.8. The van der Waals surface area contributed by atoms with Crippen LogP contribution in [0.2, 0.25) is 0 Å². The highest BCUT2D eigenvalue weighted by Gasteiger charge is 2.50. The third kappa shape index (κ3) is 2.15. The predicted molar refractivity (Wildman–Crippen MR) is 38.3 cm³/mol. The minimum atomic E-state index is -4.64. The monoisotopic (exact) mass is 211 g/mol. The molecule has 7 heteroatoms. The lowest BCUT2D eigenvalue weighted by Crippen LogP contribution is -2.49. The highest BCUT2D eigenvalue weighted by atomic mass is 19.4. The molecule has 0 bridgehead atoms. The highest BCUT2D eigenvalue weighted by molar-refractivity contribution is 5.81. The van der Waals surface area contributed by atoms with Crippen LogP contribution in [-0.2, 0) is 9.59 Å². The minimum absolute atomic E-state index is 0.460. The van der Waals surface area contributed by atoms with Crippen molar-refractivity contribution in [3.63, 3.8) is 0 Å². The molecule has 1 heterocycles. The third-order valence-electron chi connectivity index (χ3n) is 2.15. The van der Waals surface area contributed by atoms with Crippen molar-refractivity contribution < 1.29 is 27.9 Å². The Labute approximate surface area is 77.1 Å². The number of carboxylic acids is 1. The van der Waals surface area contributed by atoms with E-state index in [-0.39, 0.29) is 0 Å². The molecule has 2 N–H and O–H groups in total. The van der Waals surface area contributed by atoms with Crippen molar-refractivity contribution in [1.29, 1.82) is 0 Å². The van der Waals surface area contributed by atoms with Gasteiger partial charge < -0.3 is 10.4 Å². The second-order valence-corrected chi connectivity index (χ2v) is 3.10. The summed E-state index contributed by atoms with van der Waals surface area (Å²) in [7, 11) is 0. The predicted octanol–water partition coefficient (Wildman–Crippen LogP) is 0.386. The second kappa shape index (κ2) is 3.47. The van der Waals surface area contributed by atoms with Gasteiger partial charge in [0.05, 0.1) is 11.8 Å². The van der Waals surface area contributed by atoms with Gasteiger partial charge >= 0.3 is 12.1 Å². The van der Waals surface area contributed by atoms with Crippen LogP contribution in [0.5, 0.6) is 0 Å². The molecule has 14 heavy (non-hydrogen) atoms. The zero-order valence-electron chi connectivity index (χ0n) is 6.97. The van der Waals surface area contributed by atoms with E-state index in [9.17, 15) is 22.8 Å². The summed E-state index contributed by atoms with van der Waals surface area (Å²) in [6.07, 6.45) is -5.44. The van der Waals surface area contributed by atoms with Gasteiger partial charge in [0.25, 0.3) is 0 Å². The van der Waals surface area contributed by atoms with E-state index in [2.05, 4.69) is 5.32 Å². The van der Waals surface area contributed by atoms with Crippen molar-refractivity contribution in [1.82, 2.24) is 5.32 Å². The number of carbonyl (C=O) groups excluding carboxylic acids is 1. The molecule has 0 radical (unpaired) electrons. The van der Waals surface area contributed by atoms with E-state index in [0.29, 0.717) is 0 Å². The highest BCUT2D eigenvalue weighted by Crippen LogP contribution is 2.36. The van der Waals surface area contributed by atoms with Crippen LogP contribution in [0.25, 0.3) is 0 Å². The Bertz CT molecular complexity index is 263. The van der Waals surface area contributed by atoms with E-state index >= 15 is 0 Å². The molecule has 1 aliphatic heterocycles. The maximum atomic E-state index is 12.3. The molecule has 1 rings (SSSR count). The summed E-state index contributed by atoms with van der Waals surface area (Å²) in [5.41, 5.74) is 0. The van der Waals surface area contributed by atoms with Gasteiger partial charge in [-0.15, -0.1) is 0 Å². The van der Waals surface area contributed by atoms with Crippen molar-refractivity contribution in [3.05, 3.63) is 0 Å². The summed E-state index contributed by atoms with van der Waals surface area (Å²) in [5.74, 6) is -5.95. The number of nitrogens with one attached hydrogen (secondary N) is 1. The van der Waals surface area contributed by atoms with Gasteiger partial charge in [0.2, 0.25) is 5.91 Å². The van der Waals surface area contributed by atoms with Crippen LogP contribution >= 0.6 is 0 Å². The Balaban J connectivity index is 2.84. The first-order chi connectivity index (χ1) is 6.32. The van der Waals surface area contributed by atoms with Crippen molar-refractivity contribution in [3.8, 4) is 0 Å². The zero-order valence-corrected chi connectivity index (χ0v) is 6.97. The Hall–Kier alpha value is -1.27. The molecule has 0 saturated carbocycles. The number of hydrogen-bond acceptors (Lipinski definition) is 2. The number of amides is 1. The van der Waals surface area contributed by atoms with Gasteiger partial charge in [0.1, 0.15) is 0 Å². The molecule has 0 aromatic heterocycles. The minimum Gasteiger partial charge on any atom is -0.481 e. The number of halogens is 3. The van der Waals surface area contributed by atoms with Crippen molar-refractivity contribution in [2.45, 2.75) is 12.6 Å².